The van der Waals surface area contributed by atoms with E-state index in [4.69, 9.17) is 0 Å². The second-order valence-electron chi connectivity index (χ2n) is 5.44. The van der Waals surface area contributed by atoms with Gasteiger partial charge in [-0.05, 0) is 50.1 Å². The molecule has 0 unspecified atom stereocenters. The van der Waals surface area contributed by atoms with Crippen LogP contribution in [0.15, 0.2) is 42.6 Å². The highest BCUT2D eigenvalue weighted by Gasteiger charge is 2.20. The number of hydrogen-bond donors (Lipinski definition) is 1. The van der Waals surface area contributed by atoms with E-state index in [0.29, 0.717) is 13.0 Å². The summed E-state index contributed by atoms with van der Waals surface area (Å²) in [5.41, 5.74) is 2.78. The molecule has 1 aromatic carbocycles. The number of phenolic OH excluding ortho intramolecular Hbond substituents is 1. The molecule has 22 heavy (non-hydrogen) atoms. The molecule has 0 radical (unpaired) electrons. The fourth-order valence-corrected chi connectivity index (χ4v) is 2.51. The third-order valence-electron chi connectivity index (χ3n) is 3.81. The smallest absolute Gasteiger partial charge is 0.227 e. The predicted octanol–water partition coefficient (Wildman–Crippen LogP) is 3.25. The Hall–Kier alpha value is -2.36. The van der Waals surface area contributed by atoms with E-state index >= 15 is 0 Å². The lowest BCUT2D eigenvalue weighted by atomic mass is 10.1. The van der Waals surface area contributed by atoms with Gasteiger partial charge in [0.05, 0.1) is 12.5 Å². The average Bonchev–Trinajstić information content (AvgIpc) is 2.50. The van der Waals surface area contributed by atoms with E-state index in [0.717, 1.165) is 16.8 Å². The van der Waals surface area contributed by atoms with Crippen LogP contribution in [0.3, 0.4) is 0 Å². The number of aromatic hydroxyl groups is 1. The summed E-state index contributed by atoms with van der Waals surface area (Å²) in [6.45, 7) is 6.48. The Morgan fingerprint density at radius 1 is 1.32 bits per heavy atom. The maximum Gasteiger partial charge on any atom is 0.227 e. The summed E-state index contributed by atoms with van der Waals surface area (Å²) >= 11 is 0. The number of likely N-dealkylation sites (N-methyl/N-ethyl adjacent to an activating group) is 1. The highest BCUT2D eigenvalue weighted by molar-refractivity contribution is 5.79. The molecule has 4 heteroatoms. The number of carbonyl (C=O) groups excluding carboxylic acids is 1. The van der Waals surface area contributed by atoms with Gasteiger partial charge in [0.25, 0.3) is 0 Å². The van der Waals surface area contributed by atoms with E-state index in [1.165, 1.54) is 0 Å². The Morgan fingerprint density at radius 2 is 2.09 bits per heavy atom. The molecule has 1 N–H and O–H groups in total. The van der Waals surface area contributed by atoms with Crippen LogP contribution in [-0.4, -0.2) is 27.4 Å². The molecule has 0 aliphatic rings. The highest BCUT2D eigenvalue weighted by atomic mass is 16.3. The van der Waals surface area contributed by atoms with Crippen molar-refractivity contribution < 1.29 is 9.90 Å². The molecule has 1 heterocycles. The van der Waals surface area contributed by atoms with Crippen LogP contribution in [0.25, 0.3) is 0 Å². The SMILES string of the molecule is CCN(C(=O)Cc1ccc(C)nc1)[C@H](C)c1cccc(O)c1. The van der Waals surface area contributed by atoms with Gasteiger partial charge in [0.1, 0.15) is 5.75 Å². The second-order valence-corrected chi connectivity index (χ2v) is 5.44. The number of benzene rings is 1. The molecule has 2 aromatic rings. The minimum Gasteiger partial charge on any atom is -0.508 e. The lowest BCUT2D eigenvalue weighted by Crippen LogP contribution is -2.34. The Balaban J connectivity index is 2.12. The summed E-state index contributed by atoms with van der Waals surface area (Å²) in [6, 6.07) is 10.8. The summed E-state index contributed by atoms with van der Waals surface area (Å²) in [4.78, 5) is 18.6. The molecule has 1 aromatic heterocycles. The first-order valence-corrected chi connectivity index (χ1v) is 7.51. The first-order chi connectivity index (χ1) is 10.5. The van der Waals surface area contributed by atoms with Gasteiger partial charge in [0.15, 0.2) is 0 Å². The topological polar surface area (TPSA) is 53.4 Å². The van der Waals surface area contributed by atoms with Crippen molar-refractivity contribution in [3.8, 4) is 5.75 Å². The zero-order valence-electron chi connectivity index (χ0n) is 13.3. The van der Waals surface area contributed by atoms with Crippen LogP contribution in [0.4, 0.5) is 0 Å². The number of aryl methyl sites for hydroxylation is 1. The van der Waals surface area contributed by atoms with E-state index in [9.17, 15) is 9.90 Å². The van der Waals surface area contributed by atoms with Crippen molar-refractivity contribution >= 4 is 5.91 Å². The summed E-state index contributed by atoms with van der Waals surface area (Å²) in [5.74, 6) is 0.277. The quantitative estimate of drug-likeness (QED) is 0.922. The van der Waals surface area contributed by atoms with Gasteiger partial charge in [-0.25, -0.2) is 0 Å². The molecule has 0 bridgehead atoms. The average molecular weight is 298 g/mol. The number of pyridine rings is 1. The van der Waals surface area contributed by atoms with Crippen molar-refractivity contribution in [2.24, 2.45) is 0 Å². The maximum absolute atomic E-state index is 12.6. The minimum atomic E-state index is -0.0805. The molecule has 0 aliphatic heterocycles. The van der Waals surface area contributed by atoms with Crippen molar-refractivity contribution in [2.75, 3.05) is 6.54 Å². The van der Waals surface area contributed by atoms with E-state index < -0.39 is 0 Å². The van der Waals surface area contributed by atoms with E-state index in [-0.39, 0.29) is 17.7 Å². The largest absolute Gasteiger partial charge is 0.508 e. The van der Waals surface area contributed by atoms with E-state index in [1.807, 2.05) is 43.9 Å². The molecule has 4 nitrogen and oxygen atoms in total. The van der Waals surface area contributed by atoms with Gasteiger partial charge in [-0.15, -0.1) is 0 Å². The minimum absolute atomic E-state index is 0.0593. The molecule has 0 aliphatic carbocycles. The van der Waals surface area contributed by atoms with Crippen LogP contribution < -0.4 is 0 Å². The Bertz CT molecular complexity index is 638. The second kappa shape index (κ2) is 7.07. The number of rotatable bonds is 5. The van der Waals surface area contributed by atoms with Gasteiger partial charge >= 0.3 is 0 Å². The number of nitrogens with zero attached hydrogens (tertiary/aromatic N) is 2. The van der Waals surface area contributed by atoms with Gasteiger partial charge in [-0.2, -0.15) is 0 Å². The zero-order chi connectivity index (χ0) is 16.1. The monoisotopic (exact) mass is 298 g/mol. The predicted molar refractivity (Wildman–Crippen MR) is 86.6 cm³/mol. The van der Waals surface area contributed by atoms with E-state index in [1.54, 1.807) is 24.4 Å². The molecule has 116 valence electrons. The van der Waals surface area contributed by atoms with Gasteiger partial charge in [-0.3, -0.25) is 9.78 Å². The highest BCUT2D eigenvalue weighted by Crippen LogP contribution is 2.24. The number of carbonyl (C=O) groups is 1. The lowest BCUT2D eigenvalue weighted by Gasteiger charge is -2.28. The third kappa shape index (κ3) is 3.85. The van der Waals surface area contributed by atoms with Crippen LogP contribution in [-0.2, 0) is 11.2 Å². The Kier molecular flexibility index (Phi) is 5.15. The first-order valence-electron chi connectivity index (χ1n) is 7.51. The third-order valence-corrected chi connectivity index (χ3v) is 3.81. The zero-order valence-corrected chi connectivity index (χ0v) is 13.3. The van der Waals surface area contributed by atoms with Crippen molar-refractivity contribution in [1.82, 2.24) is 9.88 Å². The summed E-state index contributed by atoms with van der Waals surface area (Å²) in [5, 5.41) is 9.60. The van der Waals surface area contributed by atoms with Crippen LogP contribution in [0.1, 0.15) is 36.7 Å². The molecular formula is C18H22N2O2. The van der Waals surface area contributed by atoms with Gasteiger partial charge in [0.2, 0.25) is 5.91 Å². The van der Waals surface area contributed by atoms with Gasteiger partial charge in [0, 0.05) is 18.4 Å². The van der Waals surface area contributed by atoms with Crippen LogP contribution in [0.5, 0.6) is 5.75 Å². The lowest BCUT2D eigenvalue weighted by molar-refractivity contribution is -0.132. The van der Waals surface area contributed by atoms with Crippen molar-refractivity contribution in [2.45, 2.75) is 33.2 Å². The normalized spacial score (nSPS) is 12.0. The van der Waals surface area contributed by atoms with Crippen molar-refractivity contribution in [3.63, 3.8) is 0 Å². The molecule has 0 saturated carbocycles. The molecule has 2 rings (SSSR count). The van der Waals surface area contributed by atoms with Crippen molar-refractivity contribution in [3.05, 3.63) is 59.4 Å². The van der Waals surface area contributed by atoms with Crippen LogP contribution >= 0.6 is 0 Å². The Morgan fingerprint density at radius 3 is 2.68 bits per heavy atom. The summed E-state index contributed by atoms with van der Waals surface area (Å²) in [7, 11) is 0. The fraction of sp³-hybridized carbons (Fsp3) is 0.333. The standard InChI is InChI=1S/C18H22N2O2/c1-4-20(14(3)16-6-5-7-17(21)11-16)18(22)10-15-9-8-13(2)19-12-15/h5-9,11-12,14,21H,4,10H2,1-3H3/t14-/m1/s1. The molecule has 1 amide bonds. The molecule has 0 saturated heterocycles. The number of aromatic nitrogens is 1. The summed E-state index contributed by atoms with van der Waals surface area (Å²) in [6.07, 6.45) is 2.09. The van der Waals surface area contributed by atoms with Gasteiger partial charge in [-0.1, -0.05) is 18.2 Å². The van der Waals surface area contributed by atoms with Gasteiger partial charge < -0.3 is 10.0 Å². The van der Waals surface area contributed by atoms with Crippen molar-refractivity contribution in [1.29, 1.82) is 0 Å². The van der Waals surface area contributed by atoms with E-state index in [2.05, 4.69) is 4.98 Å². The first kappa shape index (κ1) is 16.0. The molecule has 1 atom stereocenters. The van der Waals surface area contributed by atoms with Crippen LogP contribution in [0.2, 0.25) is 0 Å². The van der Waals surface area contributed by atoms with Crippen LogP contribution in [0, 0.1) is 6.92 Å². The summed E-state index contributed by atoms with van der Waals surface area (Å²) < 4.78 is 0. The fourth-order valence-electron chi connectivity index (χ4n) is 2.51. The number of phenols is 1. The number of hydrogen-bond acceptors (Lipinski definition) is 3. The molecule has 0 fully saturated rings. The molecule has 0 spiro atoms. The number of amides is 1. The maximum atomic E-state index is 12.6. The Labute approximate surface area is 131 Å². The molecular weight excluding hydrogens is 276 g/mol.